The number of aliphatic hydroxyl groups is 2. The predicted octanol–water partition coefficient (Wildman–Crippen LogP) is 1.24. The lowest BCUT2D eigenvalue weighted by atomic mass is 9.92. The van der Waals surface area contributed by atoms with Gasteiger partial charge < -0.3 is 15.5 Å². The van der Waals surface area contributed by atoms with Gasteiger partial charge in [-0.25, -0.2) is 0 Å². The summed E-state index contributed by atoms with van der Waals surface area (Å²) in [5.74, 6) is -0.478. The van der Waals surface area contributed by atoms with Crippen LogP contribution in [-0.4, -0.2) is 28.3 Å². The van der Waals surface area contributed by atoms with E-state index in [-0.39, 0.29) is 12.5 Å². The summed E-state index contributed by atoms with van der Waals surface area (Å²) in [5, 5.41) is 22.4. The van der Waals surface area contributed by atoms with Crippen molar-refractivity contribution in [2.75, 3.05) is 6.54 Å². The number of hydrogen-bond donors (Lipinski definition) is 3. The second-order valence-electron chi connectivity index (χ2n) is 5.04. The molecule has 4 heteroatoms. The highest BCUT2D eigenvalue weighted by atomic mass is 16.3. The zero-order valence-electron chi connectivity index (χ0n) is 11.1. The van der Waals surface area contributed by atoms with Gasteiger partial charge >= 0.3 is 0 Å². The third-order valence-electron chi connectivity index (χ3n) is 3.23. The predicted molar refractivity (Wildman–Crippen MR) is 69.9 cm³/mol. The van der Waals surface area contributed by atoms with Crippen LogP contribution >= 0.6 is 0 Å². The first-order valence-electron chi connectivity index (χ1n) is 6.07. The first-order valence-corrected chi connectivity index (χ1v) is 6.07. The van der Waals surface area contributed by atoms with Crippen LogP contribution in [0.1, 0.15) is 32.4 Å². The summed E-state index contributed by atoms with van der Waals surface area (Å²) in [4.78, 5) is 11.7. The van der Waals surface area contributed by atoms with E-state index >= 15 is 0 Å². The maximum atomic E-state index is 11.7. The topological polar surface area (TPSA) is 69.6 Å². The number of aliphatic hydroxyl groups excluding tert-OH is 1. The van der Waals surface area contributed by atoms with Gasteiger partial charge in [-0.1, -0.05) is 44.2 Å². The van der Waals surface area contributed by atoms with Crippen LogP contribution in [-0.2, 0) is 4.79 Å². The Morgan fingerprint density at radius 3 is 2.39 bits per heavy atom. The maximum absolute atomic E-state index is 11.7. The zero-order chi connectivity index (χ0) is 13.8. The Balaban J connectivity index is 2.57. The number of hydrogen-bond acceptors (Lipinski definition) is 3. The van der Waals surface area contributed by atoms with Crippen molar-refractivity contribution < 1.29 is 15.0 Å². The second-order valence-corrected chi connectivity index (χ2v) is 5.04. The fraction of sp³-hybridized carbons (Fsp3) is 0.500. The number of carbonyl (C=O) groups is 1. The first kappa shape index (κ1) is 14.7. The Bertz CT molecular complexity index is 387. The van der Waals surface area contributed by atoms with E-state index in [4.69, 9.17) is 0 Å². The van der Waals surface area contributed by atoms with Crippen molar-refractivity contribution in [3.63, 3.8) is 0 Å². The molecule has 0 fully saturated rings. The summed E-state index contributed by atoms with van der Waals surface area (Å²) < 4.78 is 0. The molecule has 1 amide bonds. The quantitative estimate of drug-likeness (QED) is 0.737. The van der Waals surface area contributed by atoms with Crippen LogP contribution in [0.25, 0.3) is 0 Å². The average molecular weight is 251 g/mol. The summed E-state index contributed by atoms with van der Waals surface area (Å²) in [6.45, 7) is 5.53. The lowest BCUT2D eigenvalue weighted by molar-refractivity contribution is -0.131. The standard InChI is InChI=1S/C14H21NO3/c1-10(2)14(3,18)9-15-13(17)12(16)11-7-5-4-6-8-11/h4-8,10,12,16,18H,9H2,1-3H3,(H,15,17)/t12-,14?/m1/s1. The van der Waals surface area contributed by atoms with Crippen LogP contribution in [0.15, 0.2) is 30.3 Å². The summed E-state index contributed by atoms with van der Waals surface area (Å²) in [5.41, 5.74) is -0.439. The smallest absolute Gasteiger partial charge is 0.253 e. The van der Waals surface area contributed by atoms with Gasteiger partial charge in [-0.3, -0.25) is 4.79 Å². The molecule has 2 atom stereocenters. The summed E-state index contributed by atoms with van der Waals surface area (Å²) >= 11 is 0. The van der Waals surface area contributed by atoms with E-state index in [0.29, 0.717) is 5.56 Å². The first-order chi connectivity index (χ1) is 8.34. The molecule has 0 heterocycles. The highest BCUT2D eigenvalue weighted by molar-refractivity contribution is 5.81. The summed E-state index contributed by atoms with van der Waals surface area (Å²) in [6, 6.07) is 8.71. The molecular weight excluding hydrogens is 230 g/mol. The van der Waals surface area contributed by atoms with Crippen molar-refractivity contribution in [1.29, 1.82) is 0 Å². The third-order valence-corrected chi connectivity index (χ3v) is 3.23. The van der Waals surface area contributed by atoms with Gasteiger partial charge in [-0.05, 0) is 18.4 Å². The number of amides is 1. The molecule has 1 aromatic rings. The van der Waals surface area contributed by atoms with Crippen molar-refractivity contribution in [3.05, 3.63) is 35.9 Å². The van der Waals surface area contributed by atoms with E-state index in [1.807, 2.05) is 19.9 Å². The van der Waals surface area contributed by atoms with Gasteiger partial charge in [-0.15, -0.1) is 0 Å². The van der Waals surface area contributed by atoms with E-state index in [2.05, 4.69) is 5.32 Å². The van der Waals surface area contributed by atoms with Crippen LogP contribution in [0.4, 0.5) is 0 Å². The molecule has 0 saturated carbocycles. The van der Waals surface area contributed by atoms with Crippen LogP contribution < -0.4 is 5.32 Å². The van der Waals surface area contributed by atoms with Gasteiger partial charge in [0.2, 0.25) is 0 Å². The Morgan fingerprint density at radius 1 is 1.33 bits per heavy atom. The van der Waals surface area contributed by atoms with Crippen molar-refractivity contribution in [2.24, 2.45) is 5.92 Å². The molecule has 1 rings (SSSR count). The molecule has 4 nitrogen and oxygen atoms in total. The Kier molecular flexibility index (Phi) is 4.87. The molecule has 0 radical (unpaired) electrons. The fourth-order valence-corrected chi connectivity index (χ4v) is 1.35. The van der Waals surface area contributed by atoms with E-state index in [9.17, 15) is 15.0 Å². The molecule has 0 aromatic heterocycles. The zero-order valence-corrected chi connectivity index (χ0v) is 11.1. The van der Waals surface area contributed by atoms with Crippen molar-refractivity contribution in [1.82, 2.24) is 5.32 Å². The van der Waals surface area contributed by atoms with Crippen LogP contribution in [0.3, 0.4) is 0 Å². The number of nitrogens with one attached hydrogen (secondary N) is 1. The fourth-order valence-electron chi connectivity index (χ4n) is 1.35. The van der Waals surface area contributed by atoms with Crippen LogP contribution in [0, 0.1) is 5.92 Å². The maximum Gasteiger partial charge on any atom is 0.253 e. The normalized spacial score (nSPS) is 16.1. The lowest BCUT2D eigenvalue weighted by Gasteiger charge is -2.28. The highest BCUT2D eigenvalue weighted by Crippen LogP contribution is 2.16. The molecule has 100 valence electrons. The van der Waals surface area contributed by atoms with E-state index in [1.165, 1.54) is 0 Å². The molecule has 0 saturated heterocycles. The minimum absolute atomic E-state index is 0.0201. The molecule has 1 aromatic carbocycles. The Morgan fingerprint density at radius 2 is 1.89 bits per heavy atom. The number of benzene rings is 1. The lowest BCUT2D eigenvalue weighted by Crippen LogP contribution is -2.45. The minimum Gasteiger partial charge on any atom is -0.388 e. The molecule has 3 N–H and O–H groups in total. The van der Waals surface area contributed by atoms with Crippen LogP contribution in [0.5, 0.6) is 0 Å². The van der Waals surface area contributed by atoms with Gasteiger partial charge in [0.15, 0.2) is 6.10 Å². The van der Waals surface area contributed by atoms with Crippen molar-refractivity contribution >= 4 is 5.91 Å². The van der Waals surface area contributed by atoms with Crippen molar-refractivity contribution in [3.8, 4) is 0 Å². The van der Waals surface area contributed by atoms with Gasteiger partial charge in [0, 0.05) is 6.54 Å². The van der Waals surface area contributed by atoms with Crippen molar-refractivity contribution in [2.45, 2.75) is 32.5 Å². The molecule has 0 aliphatic heterocycles. The highest BCUT2D eigenvalue weighted by Gasteiger charge is 2.27. The minimum atomic E-state index is -1.20. The van der Waals surface area contributed by atoms with E-state index in [0.717, 1.165) is 0 Å². The molecule has 0 bridgehead atoms. The summed E-state index contributed by atoms with van der Waals surface area (Å²) in [6.07, 6.45) is -1.20. The third kappa shape index (κ3) is 3.82. The molecule has 1 unspecified atom stereocenters. The van der Waals surface area contributed by atoms with Gasteiger partial charge in [0.05, 0.1) is 5.60 Å². The number of carbonyl (C=O) groups excluding carboxylic acids is 1. The monoisotopic (exact) mass is 251 g/mol. The van der Waals surface area contributed by atoms with E-state index in [1.54, 1.807) is 31.2 Å². The average Bonchev–Trinajstić information content (AvgIpc) is 2.36. The SMILES string of the molecule is CC(C)C(C)(O)CNC(=O)[C@H](O)c1ccccc1. The molecule has 0 aliphatic carbocycles. The van der Waals surface area contributed by atoms with Gasteiger partial charge in [0.25, 0.3) is 5.91 Å². The molecule has 0 aliphatic rings. The van der Waals surface area contributed by atoms with Gasteiger partial charge in [0.1, 0.15) is 0 Å². The largest absolute Gasteiger partial charge is 0.388 e. The van der Waals surface area contributed by atoms with Crippen LogP contribution in [0.2, 0.25) is 0 Å². The second kappa shape index (κ2) is 5.98. The molecule has 18 heavy (non-hydrogen) atoms. The summed E-state index contributed by atoms with van der Waals surface area (Å²) in [7, 11) is 0. The molecular formula is C14H21NO3. The van der Waals surface area contributed by atoms with Gasteiger partial charge in [-0.2, -0.15) is 0 Å². The number of rotatable bonds is 5. The van der Waals surface area contributed by atoms with E-state index < -0.39 is 17.6 Å². The Hall–Kier alpha value is -1.39. The molecule has 0 spiro atoms. The Labute approximate surface area is 108 Å².